The minimum atomic E-state index is 0.251. The molecule has 0 radical (unpaired) electrons. The average molecular weight is 1610 g/mol. The third kappa shape index (κ3) is 10.7. The first kappa shape index (κ1) is 70.5. The molecule has 1 N–H and O–H groups in total. The van der Waals surface area contributed by atoms with Gasteiger partial charge in [-0.05, 0) is 171 Å². The summed E-state index contributed by atoms with van der Waals surface area (Å²) in [5.74, 6) is 0.646. The van der Waals surface area contributed by atoms with E-state index in [-0.39, 0.29) is 5.28 Å². The van der Waals surface area contributed by atoms with Crippen LogP contribution in [0.25, 0.3) is 257 Å². The van der Waals surface area contributed by atoms with Crippen LogP contribution in [-0.2, 0) is 0 Å². The molecule has 8 nitrogen and oxygen atoms in total. The molecule has 0 bridgehead atoms. The fourth-order valence-corrected chi connectivity index (χ4v) is 21.2. The van der Waals surface area contributed by atoms with Crippen molar-refractivity contribution in [3.8, 4) is 39.8 Å². The molecule has 125 heavy (non-hydrogen) atoms. The van der Waals surface area contributed by atoms with Crippen LogP contribution in [0.5, 0.6) is 0 Å². The second-order valence-electron chi connectivity index (χ2n) is 32.7. The highest BCUT2D eigenvalue weighted by molar-refractivity contribution is 6.39. The fourth-order valence-electron chi connectivity index (χ4n) is 21.0. The summed E-state index contributed by atoms with van der Waals surface area (Å²) in [6.07, 6.45) is 0. The number of hydrogen-bond donors (Lipinski definition) is 1. The maximum Gasteiger partial charge on any atom is 0.235 e. The van der Waals surface area contributed by atoms with E-state index in [4.69, 9.17) is 26.6 Å². The number of fused-ring (bicyclic) bond motifs is 36. The van der Waals surface area contributed by atoms with Crippen molar-refractivity contribution in [2.45, 2.75) is 0 Å². The molecular formula is C116H69ClN8. The van der Waals surface area contributed by atoms with Crippen LogP contribution in [0.1, 0.15) is 0 Å². The molecule has 9 heteroatoms. The Labute approximate surface area is 719 Å². The van der Waals surface area contributed by atoms with Crippen LogP contribution in [-0.4, -0.2) is 38.6 Å². The van der Waals surface area contributed by atoms with Gasteiger partial charge in [-0.25, -0.2) is 19.9 Å². The average Bonchev–Trinajstić information content (AvgIpc) is 1.62. The molecule has 580 valence electrons. The summed E-state index contributed by atoms with van der Waals surface area (Å²) in [5.41, 5.74) is 17.1. The van der Waals surface area contributed by atoms with E-state index in [0.717, 1.165) is 121 Å². The molecule has 6 heterocycles. The third-order valence-corrected chi connectivity index (χ3v) is 26.3. The first-order valence-electron chi connectivity index (χ1n) is 42.5. The quantitative estimate of drug-likeness (QED) is 0.137. The molecule has 28 rings (SSSR count). The molecule has 0 saturated carbocycles. The molecule has 0 spiro atoms. The van der Waals surface area contributed by atoms with E-state index in [0.29, 0.717) is 5.95 Å². The zero-order valence-electron chi connectivity index (χ0n) is 67.3. The third-order valence-electron chi connectivity index (χ3n) is 26.2. The smallest absolute Gasteiger partial charge is 0.235 e. The van der Waals surface area contributed by atoms with Gasteiger partial charge >= 0.3 is 0 Å². The summed E-state index contributed by atoms with van der Waals surface area (Å²) in [7, 11) is 0. The summed E-state index contributed by atoms with van der Waals surface area (Å²) < 4.78 is 7.05. The molecule has 22 aromatic carbocycles. The van der Waals surface area contributed by atoms with Crippen molar-refractivity contribution >= 4 is 228 Å². The Morgan fingerprint density at radius 1 is 0.200 bits per heavy atom. The van der Waals surface area contributed by atoms with Crippen LogP contribution in [0.3, 0.4) is 0 Å². The van der Waals surface area contributed by atoms with Crippen molar-refractivity contribution < 1.29 is 0 Å². The standard InChI is InChI=1S/C58H34N4.C30H18ClN3.C28H17N/c1-2-17-37(18-3-1)61-49-27-13-12-25-45(49)52-46(26-14-28-50(52)61)56-54-38-19-6-4-15-35(38)30-33-48(54)59-58(60-56)62-51-34-32-44-42-23-9-8-21-40(42)41-22-10-11-24-43(41)53(44)55(51)47-31-29-36-16-5-7-20-39(36)57(47)62;31-30-32-24-18-17-19-9-4-5-12-21(19)28(24)29(33-30)23-14-8-16-26-27(23)22-13-6-7-15-25(22)34(26)20-10-2-1-3-11-20;1-2-8-18-17(7-1)13-14-24-27-25(29-28(18)24)16-15-23-21-11-4-3-9-19(21)20-10-5-6-12-22(20)26(23)27/h1-34H;1-18H;1-16,29H. The monoisotopic (exact) mass is 1610 g/mol. The minimum Gasteiger partial charge on any atom is -0.354 e. The van der Waals surface area contributed by atoms with Crippen LogP contribution in [0.4, 0.5) is 0 Å². The number of nitrogens with zero attached hydrogens (tertiary/aromatic N) is 7. The van der Waals surface area contributed by atoms with Gasteiger partial charge in [-0.2, -0.15) is 0 Å². The second-order valence-corrected chi connectivity index (χ2v) is 33.0. The van der Waals surface area contributed by atoms with Crippen LogP contribution < -0.4 is 0 Å². The fraction of sp³-hybridized carbons (Fsp3) is 0. The Kier molecular flexibility index (Phi) is 15.7. The largest absolute Gasteiger partial charge is 0.354 e. The molecular weight excluding hydrogens is 1540 g/mol. The predicted molar refractivity (Wildman–Crippen MR) is 529 cm³/mol. The van der Waals surface area contributed by atoms with Gasteiger partial charge < -0.3 is 14.1 Å². The van der Waals surface area contributed by atoms with Gasteiger partial charge in [0.2, 0.25) is 11.2 Å². The van der Waals surface area contributed by atoms with Crippen LogP contribution in [0.2, 0.25) is 5.28 Å². The van der Waals surface area contributed by atoms with Gasteiger partial charge in [-0.15, -0.1) is 0 Å². The molecule has 0 atom stereocenters. The van der Waals surface area contributed by atoms with Gasteiger partial charge in [0.1, 0.15) is 0 Å². The summed E-state index contributed by atoms with van der Waals surface area (Å²) in [5, 5.41) is 36.9. The Morgan fingerprint density at radius 2 is 0.560 bits per heavy atom. The second kappa shape index (κ2) is 27.8. The lowest BCUT2D eigenvalue weighted by Gasteiger charge is -2.15. The molecule has 0 aliphatic rings. The molecule has 6 aromatic heterocycles. The normalized spacial score (nSPS) is 12.0. The first-order chi connectivity index (χ1) is 62.0. The van der Waals surface area contributed by atoms with Crippen molar-refractivity contribution in [2.75, 3.05) is 0 Å². The Bertz CT molecular complexity index is 9400. The number of para-hydroxylation sites is 4. The summed E-state index contributed by atoms with van der Waals surface area (Å²) >= 11 is 6.47. The van der Waals surface area contributed by atoms with Crippen LogP contribution in [0, 0.1) is 0 Å². The van der Waals surface area contributed by atoms with E-state index < -0.39 is 0 Å². The number of hydrogen-bond acceptors (Lipinski definition) is 4. The Balaban J connectivity index is 0.000000111. The molecule has 28 aromatic rings. The van der Waals surface area contributed by atoms with Crippen molar-refractivity contribution in [1.29, 1.82) is 0 Å². The van der Waals surface area contributed by atoms with E-state index in [1.54, 1.807) is 0 Å². The number of halogens is 1. The van der Waals surface area contributed by atoms with E-state index in [1.807, 2.05) is 12.1 Å². The van der Waals surface area contributed by atoms with Gasteiger partial charge in [0.05, 0.1) is 61.0 Å². The Morgan fingerprint density at radius 3 is 1.09 bits per heavy atom. The zero-order chi connectivity index (χ0) is 82.1. The number of rotatable bonds is 5. The summed E-state index contributed by atoms with van der Waals surface area (Å²) in [4.78, 5) is 24.5. The predicted octanol–water partition coefficient (Wildman–Crippen LogP) is 31.4. The van der Waals surface area contributed by atoms with E-state index in [2.05, 4.69) is 424 Å². The molecule has 0 aliphatic carbocycles. The van der Waals surface area contributed by atoms with Crippen molar-refractivity contribution in [1.82, 2.24) is 38.6 Å². The van der Waals surface area contributed by atoms with Crippen LogP contribution in [0.15, 0.2) is 413 Å². The lowest BCUT2D eigenvalue weighted by Crippen LogP contribution is -2.04. The summed E-state index contributed by atoms with van der Waals surface area (Å²) in [6.45, 7) is 0. The van der Waals surface area contributed by atoms with Crippen molar-refractivity contribution in [3.05, 3.63) is 418 Å². The maximum absolute atomic E-state index is 6.47. The summed E-state index contributed by atoms with van der Waals surface area (Å²) in [6, 6.07) is 148. The lowest BCUT2D eigenvalue weighted by molar-refractivity contribution is 1.02. The number of nitrogens with one attached hydrogen (secondary N) is 1. The highest BCUT2D eigenvalue weighted by Gasteiger charge is 2.28. The molecule has 0 aliphatic heterocycles. The van der Waals surface area contributed by atoms with E-state index in [1.165, 1.54) is 130 Å². The molecule has 0 fully saturated rings. The number of aromatic nitrogens is 8. The zero-order valence-corrected chi connectivity index (χ0v) is 68.0. The van der Waals surface area contributed by atoms with Gasteiger partial charge in [0.15, 0.2) is 0 Å². The van der Waals surface area contributed by atoms with Gasteiger partial charge in [0.25, 0.3) is 0 Å². The van der Waals surface area contributed by atoms with Gasteiger partial charge in [0, 0.05) is 103 Å². The highest BCUT2D eigenvalue weighted by Crippen LogP contribution is 2.50. The highest BCUT2D eigenvalue weighted by atomic mass is 35.5. The topological polar surface area (TPSA) is 82.1 Å². The van der Waals surface area contributed by atoms with Crippen molar-refractivity contribution in [2.24, 2.45) is 0 Å². The first-order valence-corrected chi connectivity index (χ1v) is 42.9. The molecule has 0 unspecified atom stereocenters. The molecule has 0 amide bonds. The maximum atomic E-state index is 6.47. The minimum absolute atomic E-state index is 0.251. The van der Waals surface area contributed by atoms with E-state index >= 15 is 0 Å². The van der Waals surface area contributed by atoms with Crippen molar-refractivity contribution in [3.63, 3.8) is 0 Å². The number of benzene rings is 22. The van der Waals surface area contributed by atoms with Crippen LogP contribution >= 0.6 is 11.6 Å². The lowest BCUT2D eigenvalue weighted by atomic mass is 9.91. The SMILES string of the molecule is Clc1nc(-c2cccc3c2c2ccccc2n3-c2ccccc2)c2c(ccc3ccccc32)n1.c1ccc(-n2c3ccccc3c3c(-c4nc(-n5c6ccc7c8ccccc8c8ccccc8c7c6c6ccc7ccccc7c65)nc5ccc6ccccc6c45)cccc32)cc1.c1ccc2c(c1)ccc1c2[nH]c2ccc3c4ccccc4c4ccccc4c3c21. The van der Waals surface area contributed by atoms with Gasteiger partial charge in [-0.3, -0.25) is 4.57 Å². The molecule has 0 saturated heterocycles. The van der Waals surface area contributed by atoms with Gasteiger partial charge in [-0.1, -0.05) is 340 Å². The van der Waals surface area contributed by atoms with E-state index in [9.17, 15) is 0 Å². The number of H-pyrrole nitrogens is 1. The Hall–Kier alpha value is -16.4. The number of aromatic amines is 1.